The highest BCUT2D eigenvalue weighted by molar-refractivity contribution is 8.00. The Balaban J connectivity index is 2.43. The van der Waals surface area contributed by atoms with E-state index in [4.69, 9.17) is 0 Å². The van der Waals surface area contributed by atoms with Crippen molar-refractivity contribution in [3.05, 3.63) is 0 Å². The Morgan fingerprint density at radius 1 is 1.50 bits per heavy atom. The maximum absolute atomic E-state index is 11.2. The summed E-state index contributed by atoms with van der Waals surface area (Å²) in [5.74, 6) is 1.20. The molecule has 0 radical (unpaired) electrons. The van der Waals surface area contributed by atoms with Crippen LogP contribution in [0, 0.1) is 5.92 Å². The molecule has 1 aliphatic carbocycles. The average molecular weight is 186 g/mol. The number of hydrogen-bond donors (Lipinski definition) is 0. The van der Waals surface area contributed by atoms with E-state index in [-0.39, 0.29) is 0 Å². The second-order valence-electron chi connectivity index (χ2n) is 3.98. The lowest BCUT2D eigenvalue weighted by atomic mass is 9.89. The smallest absolute Gasteiger partial charge is 0.134 e. The Hall–Kier alpha value is 0.0200. The van der Waals surface area contributed by atoms with Gasteiger partial charge < -0.3 is 0 Å². The van der Waals surface area contributed by atoms with Crippen LogP contribution >= 0.6 is 11.8 Å². The first-order chi connectivity index (χ1) is 5.59. The van der Waals surface area contributed by atoms with Crippen molar-refractivity contribution in [3.8, 4) is 0 Å². The van der Waals surface area contributed by atoms with Crippen LogP contribution < -0.4 is 0 Å². The zero-order valence-electron chi connectivity index (χ0n) is 8.17. The molecule has 0 saturated heterocycles. The zero-order chi connectivity index (χ0) is 9.14. The van der Waals surface area contributed by atoms with E-state index in [0.717, 1.165) is 25.2 Å². The van der Waals surface area contributed by atoms with Crippen molar-refractivity contribution in [1.82, 2.24) is 0 Å². The van der Waals surface area contributed by atoms with Gasteiger partial charge in [-0.3, -0.25) is 4.79 Å². The summed E-state index contributed by atoms with van der Waals surface area (Å²) >= 11 is 1.97. The third-order valence-electron chi connectivity index (χ3n) is 2.39. The number of thioether (sulfide) groups is 1. The predicted octanol–water partition coefficient (Wildman–Crippen LogP) is 2.89. The Kier molecular flexibility index (Phi) is 3.63. The van der Waals surface area contributed by atoms with Gasteiger partial charge in [0.15, 0.2) is 0 Å². The van der Waals surface area contributed by atoms with Crippen molar-refractivity contribution >= 4 is 17.5 Å². The fraction of sp³-hybridized carbons (Fsp3) is 0.900. The molecule has 12 heavy (non-hydrogen) atoms. The molecule has 1 rings (SSSR count). The number of carbonyl (C=O) groups excluding carboxylic acids is 1. The highest BCUT2D eigenvalue weighted by Crippen LogP contribution is 2.33. The largest absolute Gasteiger partial charge is 0.300 e. The minimum absolute atomic E-state index is 0.464. The van der Waals surface area contributed by atoms with Gasteiger partial charge in [0, 0.05) is 18.1 Å². The highest BCUT2D eigenvalue weighted by Gasteiger charge is 2.26. The Labute approximate surface area is 79.3 Å². The van der Waals surface area contributed by atoms with E-state index in [9.17, 15) is 4.79 Å². The summed E-state index contributed by atoms with van der Waals surface area (Å²) in [4.78, 5) is 11.2. The molecule has 0 bridgehead atoms. The van der Waals surface area contributed by atoms with Crippen LogP contribution in [-0.2, 0) is 4.79 Å². The molecular weight excluding hydrogens is 168 g/mol. The third kappa shape index (κ3) is 2.81. The van der Waals surface area contributed by atoms with Crippen molar-refractivity contribution in [1.29, 1.82) is 0 Å². The Morgan fingerprint density at radius 2 is 2.17 bits per heavy atom. The summed E-state index contributed by atoms with van der Waals surface area (Å²) in [6.45, 7) is 6.68. The zero-order valence-corrected chi connectivity index (χ0v) is 8.99. The molecule has 0 aromatic rings. The summed E-state index contributed by atoms with van der Waals surface area (Å²) in [5, 5.41) is 1.24. The molecule has 2 unspecified atom stereocenters. The van der Waals surface area contributed by atoms with Crippen molar-refractivity contribution < 1.29 is 4.79 Å². The van der Waals surface area contributed by atoms with Crippen molar-refractivity contribution in [3.63, 3.8) is 0 Å². The van der Waals surface area contributed by atoms with Crippen LogP contribution in [0.25, 0.3) is 0 Å². The number of rotatable bonds is 2. The first-order valence-corrected chi connectivity index (χ1v) is 5.71. The molecule has 0 heterocycles. The first-order valence-electron chi connectivity index (χ1n) is 4.76. The molecule has 70 valence electrons. The van der Waals surface area contributed by atoms with E-state index >= 15 is 0 Å². The molecule has 1 saturated carbocycles. The summed E-state index contributed by atoms with van der Waals surface area (Å²) in [6.07, 6.45) is 2.73. The quantitative estimate of drug-likeness (QED) is 0.659. The minimum atomic E-state index is 0.464. The van der Waals surface area contributed by atoms with E-state index in [0.29, 0.717) is 16.3 Å². The predicted molar refractivity (Wildman–Crippen MR) is 54.5 cm³/mol. The second kappa shape index (κ2) is 4.31. The highest BCUT2D eigenvalue weighted by atomic mass is 32.2. The first kappa shape index (κ1) is 10.1. The molecule has 0 spiro atoms. The third-order valence-corrected chi connectivity index (χ3v) is 3.91. The van der Waals surface area contributed by atoms with Gasteiger partial charge >= 0.3 is 0 Å². The van der Waals surface area contributed by atoms with Gasteiger partial charge in [0.2, 0.25) is 0 Å². The normalized spacial score (nSPS) is 31.2. The lowest BCUT2D eigenvalue weighted by molar-refractivity contribution is -0.120. The Bertz CT molecular complexity index is 165. The van der Waals surface area contributed by atoms with Crippen LogP contribution in [0.2, 0.25) is 0 Å². The maximum Gasteiger partial charge on any atom is 0.134 e. The summed E-state index contributed by atoms with van der Waals surface area (Å²) in [5.41, 5.74) is 0. The molecule has 1 fully saturated rings. The van der Waals surface area contributed by atoms with Gasteiger partial charge in [-0.05, 0) is 17.6 Å². The van der Waals surface area contributed by atoms with E-state index < -0.39 is 0 Å². The second-order valence-corrected chi connectivity index (χ2v) is 5.80. The van der Waals surface area contributed by atoms with E-state index in [1.54, 1.807) is 0 Å². The molecule has 2 atom stereocenters. The molecule has 0 amide bonds. The van der Waals surface area contributed by atoms with E-state index in [1.807, 2.05) is 11.8 Å². The van der Waals surface area contributed by atoms with Gasteiger partial charge in [0.1, 0.15) is 5.78 Å². The van der Waals surface area contributed by atoms with Gasteiger partial charge in [-0.1, -0.05) is 20.8 Å². The minimum Gasteiger partial charge on any atom is -0.300 e. The summed E-state index contributed by atoms with van der Waals surface area (Å²) in [7, 11) is 0. The van der Waals surface area contributed by atoms with Gasteiger partial charge in [-0.2, -0.15) is 11.8 Å². The average Bonchev–Trinajstić information content (AvgIpc) is 1.96. The number of ketones is 1. The SMILES string of the molecule is CC(C)SC1CC(=O)CCC1C. The van der Waals surface area contributed by atoms with Crippen molar-refractivity contribution in [2.24, 2.45) is 5.92 Å². The fourth-order valence-corrected chi connectivity index (χ4v) is 3.02. The molecule has 0 aromatic heterocycles. The van der Waals surface area contributed by atoms with Crippen LogP contribution in [-0.4, -0.2) is 16.3 Å². The molecular formula is C10H18OS. The van der Waals surface area contributed by atoms with Gasteiger partial charge in [0.05, 0.1) is 0 Å². The van der Waals surface area contributed by atoms with Crippen LogP contribution in [0.15, 0.2) is 0 Å². The number of hydrogen-bond acceptors (Lipinski definition) is 2. The number of Topliss-reactive ketones (excluding diaryl/α,β-unsaturated/α-hetero) is 1. The van der Waals surface area contributed by atoms with Crippen LogP contribution in [0.1, 0.15) is 40.0 Å². The van der Waals surface area contributed by atoms with Crippen LogP contribution in [0.3, 0.4) is 0 Å². The standard InChI is InChI=1S/C10H18OS/c1-7(2)12-10-6-9(11)5-4-8(10)3/h7-8,10H,4-6H2,1-3H3. The topological polar surface area (TPSA) is 17.1 Å². The summed E-state index contributed by atoms with van der Waals surface area (Å²) in [6, 6.07) is 0. The van der Waals surface area contributed by atoms with Crippen molar-refractivity contribution in [2.45, 2.75) is 50.5 Å². The summed E-state index contributed by atoms with van der Waals surface area (Å²) < 4.78 is 0. The maximum atomic E-state index is 11.2. The fourth-order valence-electron chi connectivity index (χ4n) is 1.63. The van der Waals surface area contributed by atoms with Crippen LogP contribution in [0.4, 0.5) is 0 Å². The van der Waals surface area contributed by atoms with Crippen LogP contribution in [0.5, 0.6) is 0 Å². The molecule has 1 nitrogen and oxygen atoms in total. The molecule has 1 aliphatic rings. The lowest BCUT2D eigenvalue weighted by Crippen LogP contribution is -2.26. The lowest BCUT2D eigenvalue weighted by Gasteiger charge is -2.28. The van der Waals surface area contributed by atoms with E-state index in [2.05, 4.69) is 20.8 Å². The molecule has 0 aliphatic heterocycles. The molecule has 2 heteroatoms. The van der Waals surface area contributed by atoms with Gasteiger partial charge in [0.25, 0.3) is 0 Å². The Morgan fingerprint density at radius 3 is 2.75 bits per heavy atom. The molecule has 0 aromatic carbocycles. The van der Waals surface area contributed by atoms with E-state index in [1.165, 1.54) is 0 Å². The van der Waals surface area contributed by atoms with Gasteiger partial charge in [-0.25, -0.2) is 0 Å². The van der Waals surface area contributed by atoms with Crippen molar-refractivity contribution in [2.75, 3.05) is 0 Å². The monoisotopic (exact) mass is 186 g/mol. The van der Waals surface area contributed by atoms with Gasteiger partial charge in [-0.15, -0.1) is 0 Å². The molecule has 0 N–H and O–H groups in total. The number of carbonyl (C=O) groups is 1.